The molecule has 1 N–H and O–H groups in total. The van der Waals surface area contributed by atoms with E-state index in [2.05, 4.69) is 5.32 Å². The Morgan fingerprint density at radius 1 is 1.55 bits per heavy atom. The van der Waals surface area contributed by atoms with Gasteiger partial charge in [-0.1, -0.05) is 6.92 Å². The van der Waals surface area contributed by atoms with Crippen molar-refractivity contribution in [2.24, 2.45) is 0 Å². The summed E-state index contributed by atoms with van der Waals surface area (Å²) >= 11 is 0. The van der Waals surface area contributed by atoms with E-state index >= 15 is 0 Å². The molecule has 0 saturated heterocycles. The predicted octanol–water partition coefficient (Wildman–Crippen LogP) is -3.47. The van der Waals surface area contributed by atoms with Crippen molar-refractivity contribution in [2.45, 2.75) is 19.9 Å². The van der Waals surface area contributed by atoms with Crippen molar-refractivity contribution in [2.75, 3.05) is 12.3 Å². The summed E-state index contributed by atoms with van der Waals surface area (Å²) in [6.45, 7) is 4.20. The van der Waals surface area contributed by atoms with E-state index in [1.807, 2.05) is 6.92 Å². The van der Waals surface area contributed by atoms with Gasteiger partial charge in [-0.2, -0.15) is 0 Å². The normalized spacial score (nSPS) is 13.7. The molecule has 0 heterocycles. The Labute approximate surface area is 89.8 Å². The summed E-state index contributed by atoms with van der Waals surface area (Å²) in [5.74, 6) is -0.332. The van der Waals surface area contributed by atoms with Gasteiger partial charge in [0, 0.05) is 6.04 Å². The summed E-state index contributed by atoms with van der Waals surface area (Å²) in [6, 6.07) is -0.243. The Balaban J connectivity index is 0. The molecule has 0 aromatic heterocycles. The van der Waals surface area contributed by atoms with Crippen LogP contribution in [0.2, 0.25) is 0 Å². The molecule has 0 saturated carbocycles. The third-order valence-corrected chi connectivity index (χ3v) is 1.91. The summed E-state index contributed by atoms with van der Waals surface area (Å²) < 4.78 is 30.4. The van der Waals surface area contributed by atoms with Gasteiger partial charge in [0.1, 0.15) is 0 Å². The smallest absolute Gasteiger partial charge is 0.748 e. The minimum Gasteiger partial charge on any atom is -0.748 e. The second-order valence-corrected chi connectivity index (χ2v) is 3.63. The number of nitrogens with one attached hydrogen (secondary N) is 1. The average Bonchev–Trinajstić information content (AvgIpc) is 1.59. The van der Waals surface area contributed by atoms with Gasteiger partial charge in [-0.3, -0.25) is 0 Å². The van der Waals surface area contributed by atoms with E-state index in [0.29, 0.717) is 6.54 Å². The van der Waals surface area contributed by atoms with E-state index in [-0.39, 0.29) is 41.4 Å². The molecule has 4 nitrogen and oxygen atoms in total. The van der Waals surface area contributed by atoms with Gasteiger partial charge in [-0.15, -0.1) is 0 Å². The molecule has 0 amide bonds. The number of hydrogen-bond acceptors (Lipinski definition) is 4. The van der Waals surface area contributed by atoms with E-state index in [4.69, 9.17) is 0 Å². The maximum absolute atomic E-state index is 10.1. The second kappa shape index (κ2) is 6.39. The summed E-state index contributed by atoms with van der Waals surface area (Å²) in [6.07, 6.45) is 0. The van der Waals surface area contributed by atoms with Crippen LogP contribution in [-0.2, 0) is 10.1 Å². The van der Waals surface area contributed by atoms with Crippen LogP contribution >= 0.6 is 0 Å². The maximum Gasteiger partial charge on any atom is 1.00 e. The van der Waals surface area contributed by atoms with Crippen molar-refractivity contribution >= 4 is 10.1 Å². The molecule has 62 valence electrons. The van der Waals surface area contributed by atoms with Crippen LogP contribution in [0.4, 0.5) is 0 Å². The number of rotatable bonds is 4. The molecule has 1 atom stereocenters. The van der Waals surface area contributed by atoms with E-state index in [1.165, 1.54) is 0 Å². The van der Waals surface area contributed by atoms with Crippen LogP contribution in [0.15, 0.2) is 0 Å². The van der Waals surface area contributed by atoms with E-state index in [9.17, 15) is 13.0 Å². The fraction of sp³-hybridized carbons (Fsp3) is 1.00. The first-order valence-corrected chi connectivity index (χ1v) is 4.70. The van der Waals surface area contributed by atoms with Crippen LogP contribution in [0.3, 0.4) is 0 Å². The molecule has 0 aromatic rings. The summed E-state index contributed by atoms with van der Waals surface area (Å²) in [4.78, 5) is 0. The molecule has 1 unspecified atom stereocenters. The van der Waals surface area contributed by atoms with E-state index < -0.39 is 10.1 Å². The van der Waals surface area contributed by atoms with Gasteiger partial charge in [-0.25, -0.2) is 8.42 Å². The first-order valence-electron chi connectivity index (χ1n) is 3.12. The molecule has 0 spiro atoms. The standard InChI is InChI=1S/C5H13NO3S.Na/c1-3-6-5(2)4-10(7,8)9;/h5-6H,3-4H2,1-2H3,(H,7,8,9);/q;+1/p-1. The topological polar surface area (TPSA) is 69.2 Å². The summed E-state index contributed by atoms with van der Waals surface area (Å²) in [7, 11) is -4.06. The molecular weight excluding hydrogens is 177 g/mol. The second-order valence-electron chi connectivity index (χ2n) is 2.18. The molecule has 0 fully saturated rings. The van der Waals surface area contributed by atoms with Crippen molar-refractivity contribution in [3.8, 4) is 0 Å². The van der Waals surface area contributed by atoms with Crippen molar-refractivity contribution in [3.63, 3.8) is 0 Å². The van der Waals surface area contributed by atoms with Crippen molar-refractivity contribution < 1.29 is 42.5 Å². The van der Waals surface area contributed by atoms with Gasteiger partial charge < -0.3 is 9.87 Å². The third kappa shape index (κ3) is 10.9. The van der Waals surface area contributed by atoms with Crippen LogP contribution in [0, 0.1) is 0 Å². The fourth-order valence-electron chi connectivity index (χ4n) is 0.714. The Morgan fingerprint density at radius 3 is 2.27 bits per heavy atom. The molecule has 0 radical (unpaired) electrons. The van der Waals surface area contributed by atoms with Crippen LogP contribution in [-0.4, -0.2) is 31.3 Å². The first kappa shape index (κ1) is 14.4. The molecule has 6 heteroatoms. The average molecular weight is 189 g/mol. The zero-order chi connectivity index (χ0) is 8.20. The zero-order valence-corrected chi connectivity index (χ0v) is 9.94. The molecule has 0 rings (SSSR count). The minimum absolute atomic E-state index is 0. The van der Waals surface area contributed by atoms with Gasteiger partial charge in [0.2, 0.25) is 0 Å². The quantitative estimate of drug-likeness (QED) is 0.368. The van der Waals surface area contributed by atoms with Crippen LogP contribution in [0.5, 0.6) is 0 Å². The molecule has 0 aliphatic heterocycles. The van der Waals surface area contributed by atoms with Crippen molar-refractivity contribution in [3.05, 3.63) is 0 Å². The minimum atomic E-state index is -4.06. The van der Waals surface area contributed by atoms with Crippen molar-refractivity contribution in [1.29, 1.82) is 0 Å². The summed E-state index contributed by atoms with van der Waals surface area (Å²) in [5, 5.41) is 2.82. The van der Waals surface area contributed by atoms with Gasteiger partial charge >= 0.3 is 29.6 Å². The van der Waals surface area contributed by atoms with E-state index in [1.54, 1.807) is 6.92 Å². The largest absolute Gasteiger partial charge is 1.00 e. The SMILES string of the molecule is CCNC(C)CS(=O)(=O)[O-].[Na+]. The fourth-order valence-corrected chi connectivity index (χ4v) is 1.44. The Bertz CT molecular complexity index is 180. The molecule has 11 heavy (non-hydrogen) atoms. The van der Waals surface area contributed by atoms with Crippen LogP contribution in [0.25, 0.3) is 0 Å². The van der Waals surface area contributed by atoms with Gasteiger partial charge in [0.15, 0.2) is 0 Å². The maximum atomic E-state index is 10.1. The van der Waals surface area contributed by atoms with Crippen molar-refractivity contribution in [1.82, 2.24) is 5.32 Å². The Kier molecular flexibility index (Phi) is 8.37. The molecule has 0 aliphatic rings. The van der Waals surface area contributed by atoms with E-state index in [0.717, 1.165) is 0 Å². The Morgan fingerprint density at radius 2 is 2.00 bits per heavy atom. The zero-order valence-electron chi connectivity index (χ0n) is 7.12. The van der Waals surface area contributed by atoms with Gasteiger partial charge in [0.25, 0.3) is 0 Å². The molecule has 0 aliphatic carbocycles. The van der Waals surface area contributed by atoms with Crippen LogP contribution in [0.1, 0.15) is 13.8 Å². The Hall–Kier alpha value is 0.870. The predicted molar refractivity (Wildman–Crippen MR) is 37.7 cm³/mol. The first-order chi connectivity index (χ1) is 4.45. The third-order valence-electron chi connectivity index (χ3n) is 1.01. The molecular formula is C5H12NNaO3S. The van der Waals surface area contributed by atoms with Crippen LogP contribution < -0.4 is 34.9 Å². The molecule has 0 aromatic carbocycles. The summed E-state index contributed by atoms with van der Waals surface area (Å²) in [5.41, 5.74) is 0. The van der Waals surface area contributed by atoms with Gasteiger partial charge in [0.05, 0.1) is 15.9 Å². The monoisotopic (exact) mass is 189 g/mol. The number of hydrogen-bond donors (Lipinski definition) is 1. The van der Waals surface area contributed by atoms with Gasteiger partial charge in [-0.05, 0) is 13.5 Å². The molecule has 0 bridgehead atoms.